The lowest BCUT2D eigenvalue weighted by atomic mass is 10.4. The molecule has 102 valence electrons. The predicted octanol–water partition coefficient (Wildman–Crippen LogP) is -0.534. The minimum absolute atomic E-state index is 0.193. The first-order chi connectivity index (χ1) is 8.22. The highest BCUT2D eigenvalue weighted by molar-refractivity contribution is 7.80. The van der Waals surface area contributed by atoms with Crippen LogP contribution >= 0.6 is 12.6 Å². The molecule has 1 atom stereocenters. The van der Waals surface area contributed by atoms with E-state index in [1.54, 1.807) is 7.11 Å². The standard InChI is InChI=1S/C10H21NO5S/c1-13-2-3-14-4-5-15-6-7-16-10(12)9(11)8-17/h9,17H,2-8,11H2,1H3. The summed E-state index contributed by atoms with van der Waals surface area (Å²) in [4.78, 5) is 11.1. The van der Waals surface area contributed by atoms with Crippen LogP contribution in [0.4, 0.5) is 0 Å². The number of thiol groups is 1. The Morgan fingerprint density at radius 1 is 1.12 bits per heavy atom. The van der Waals surface area contributed by atoms with Crippen molar-refractivity contribution >= 4 is 18.6 Å². The second kappa shape index (κ2) is 12.1. The number of hydrogen-bond donors (Lipinski definition) is 2. The van der Waals surface area contributed by atoms with Gasteiger partial charge in [-0.05, 0) is 0 Å². The van der Waals surface area contributed by atoms with Gasteiger partial charge in [-0.1, -0.05) is 0 Å². The molecule has 0 aliphatic carbocycles. The van der Waals surface area contributed by atoms with Gasteiger partial charge in [0, 0.05) is 12.9 Å². The van der Waals surface area contributed by atoms with E-state index in [0.717, 1.165) is 0 Å². The maximum absolute atomic E-state index is 11.1. The van der Waals surface area contributed by atoms with E-state index >= 15 is 0 Å². The molecule has 0 amide bonds. The molecule has 7 heteroatoms. The summed E-state index contributed by atoms with van der Waals surface area (Å²) in [7, 11) is 1.61. The molecule has 6 nitrogen and oxygen atoms in total. The zero-order valence-electron chi connectivity index (χ0n) is 10.1. The molecule has 0 fully saturated rings. The van der Waals surface area contributed by atoms with Gasteiger partial charge in [-0.3, -0.25) is 4.79 Å². The van der Waals surface area contributed by atoms with E-state index in [4.69, 9.17) is 24.7 Å². The highest BCUT2D eigenvalue weighted by Crippen LogP contribution is 1.89. The first-order valence-corrected chi connectivity index (χ1v) is 6.03. The lowest BCUT2D eigenvalue weighted by Crippen LogP contribution is -2.34. The van der Waals surface area contributed by atoms with Gasteiger partial charge in [0.2, 0.25) is 0 Å². The average Bonchev–Trinajstić information content (AvgIpc) is 2.35. The van der Waals surface area contributed by atoms with Crippen LogP contribution in [0.5, 0.6) is 0 Å². The van der Waals surface area contributed by atoms with E-state index in [-0.39, 0.29) is 12.4 Å². The molecule has 1 unspecified atom stereocenters. The van der Waals surface area contributed by atoms with Crippen LogP contribution in [-0.4, -0.2) is 64.5 Å². The summed E-state index contributed by atoms with van der Waals surface area (Å²) < 4.78 is 20.0. The van der Waals surface area contributed by atoms with Gasteiger partial charge < -0.3 is 24.7 Å². The summed E-state index contributed by atoms with van der Waals surface area (Å²) in [6.07, 6.45) is 0. The van der Waals surface area contributed by atoms with Gasteiger partial charge in [-0.25, -0.2) is 0 Å². The smallest absolute Gasteiger partial charge is 0.323 e. The normalized spacial score (nSPS) is 12.4. The van der Waals surface area contributed by atoms with Crippen molar-refractivity contribution in [3.8, 4) is 0 Å². The molecule has 0 heterocycles. The molecule has 0 saturated carbocycles. The van der Waals surface area contributed by atoms with Gasteiger partial charge in [0.1, 0.15) is 12.6 Å². The maximum atomic E-state index is 11.1. The van der Waals surface area contributed by atoms with Gasteiger partial charge >= 0.3 is 5.97 Å². The monoisotopic (exact) mass is 267 g/mol. The molecule has 0 radical (unpaired) electrons. The topological polar surface area (TPSA) is 80.0 Å². The van der Waals surface area contributed by atoms with Gasteiger partial charge in [-0.2, -0.15) is 12.6 Å². The van der Waals surface area contributed by atoms with Crippen LogP contribution in [0.1, 0.15) is 0 Å². The summed E-state index contributed by atoms with van der Waals surface area (Å²) in [6, 6.07) is -0.671. The molecule has 17 heavy (non-hydrogen) atoms. The Hall–Kier alpha value is -0.340. The second-order valence-electron chi connectivity index (χ2n) is 3.17. The van der Waals surface area contributed by atoms with Crippen LogP contribution in [0.25, 0.3) is 0 Å². The summed E-state index contributed by atoms with van der Waals surface area (Å²) in [5.74, 6) is -0.188. The van der Waals surface area contributed by atoms with Crippen LogP contribution in [0.2, 0.25) is 0 Å². The molecule has 0 aliphatic heterocycles. The highest BCUT2D eigenvalue weighted by Gasteiger charge is 2.11. The molecule has 0 saturated heterocycles. The number of esters is 1. The molecule has 0 aromatic heterocycles. The lowest BCUT2D eigenvalue weighted by Gasteiger charge is -2.09. The number of ether oxygens (including phenoxy) is 4. The minimum Gasteiger partial charge on any atom is -0.462 e. The van der Waals surface area contributed by atoms with Gasteiger partial charge in [0.05, 0.1) is 33.0 Å². The van der Waals surface area contributed by atoms with E-state index in [1.165, 1.54) is 0 Å². The summed E-state index contributed by atoms with van der Waals surface area (Å²) in [6.45, 7) is 2.59. The molecule has 0 aromatic carbocycles. The number of rotatable bonds is 11. The van der Waals surface area contributed by atoms with Gasteiger partial charge in [0.15, 0.2) is 0 Å². The predicted molar refractivity (Wildman–Crippen MR) is 66.3 cm³/mol. The fraction of sp³-hybridized carbons (Fsp3) is 0.900. The van der Waals surface area contributed by atoms with Crippen molar-refractivity contribution in [1.82, 2.24) is 0 Å². The van der Waals surface area contributed by atoms with E-state index < -0.39 is 12.0 Å². The second-order valence-corrected chi connectivity index (χ2v) is 3.54. The van der Waals surface area contributed by atoms with Crippen molar-refractivity contribution < 1.29 is 23.7 Å². The molecule has 0 aliphatic rings. The van der Waals surface area contributed by atoms with Crippen molar-refractivity contribution in [2.45, 2.75) is 6.04 Å². The van der Waals surface area contributed by atoms with Crippen LogP contribution in [0.15, 0.2) is 0 Å². The van der Waals surface area contributed by atoms with E-state index in [9.17, 15) is 4.79 Å². The molecule has 0 aromatic rings. The van der Waals surface area contributed by atoms with Crippen LogP contribution in [-0.2, 0) is 23.7 Å². The van der Waals surface area contributed by atoms with Crippen molar-refractivity contribution in [1.29, 1.82) is 0 Å². The van der Waals surface area contributed by atoms with E-state index in [2.05, 4.69) is 12.6 Å². The maximum Gasteiger partial charge on any atom is 0.323 e. The summed E-state index contributed by atoms with van der Waals surface area (Å²) in [5, 5.41) is 0. The fourth-order valence-corrected chi connectivity index (χ4v) is 0.996. The Morgan fingerprint density at radius 3 is 2.18 bits per heavy atom. The first kappa shape index (κ1) is 16.7. The highest BCUT2D eigenvalue weighted by atomic mass is 32.1. The van der Waals surface area contributed by atoms with Crippen molar-refractivity contribution in [2.75, 3.05) is 52.5 Å². The number of hydrogen-bond acceptors (Lipinski definition) is 7. The third-order valence-electron chi connectivity index (χ3n) is 1.78. The number of nitrogens with two attached hydrogens (primary N) is 1. The zero-order valence-corrected chi connectivity index (χ0v) is 11.0. The van der Waals surface area contributed by atoms with Crippen molar-refractivity contribution in [2.24, 2.45) is 5.73 Å². The Labute approximate surface area is 107 Å². The molecule has 0 bridgehead atoms. The average molecular weight is 267 g/mol. The molecular formula is C10H21NO5S. The first-order valence-electron chi connectivity index (χ1n) is 5.40. The van der Waals surface area contributed by atoms with Crippen LogP contribution < -0.4 is 5.73 Å². The number of carbonyl (C=O) groups excluding carboxylic acids is 1. The Kier molecular flexibility index (Phi) is 11.9. The van der Waals surface area contributed by atoms with E-state index in [1.807, 2.05) is 0 Å². The van der Waals surface area contributed by atoms with Gasteiger partial charge in [0.25, 0.3) is 0 Å². The number of methoxy groups -OCH3 is 1. The Bertz CT molecular complexity index is 194. The molecule has 0 rings (SSSR count). The Balaban J connectivity index is 3.16. The molecule has 0 spiro atoms. The lowest BCUT2D eigenvalue weighted by molar-refractivity contribution is -0.146. The van der Waals surface area contributed by atoms with Crippen LogP contribution in [0, 0.1) is 0 Å². The third-order valence-corrected chi connectivity index (χ3v) is 2.17. The molecule has 2 N–H and O–H groups in total. The Morgan fingerprint density at radius 2 is 1.65 bits per heavy atom. The quantitative estimate of drug-likeness (QED) is 0.297. The van der Waals surface area contributed by atoms with E-state index in [0.29, 0.717) is 33.0 Å². The largest absolute Gasteiger partial charge is 0.462 e. The summed E-state index contributed by atoms with van der Waals surface area (Å²) in [5.41, 5.74) is 5.40. The summed E-state index contributed by atoms with van der Waals surface area (Å²) >= 11 is 3.89. The fourth-order valence-electron chi connectivity index (χ4n) is 0.847. The van der Waals surface area contributed by atoms with Crippen LogP contribution in [0.3, 0.4) is 0 Å². The number of carbonyl (C=O) groups is 1. The minimum atomic E-state index is -0.671. The van der Waals surface area contributed by atoms with Gasteiger partial charge in [-0.15, -0.1) is 0 Å². The zero-order chi connectivity index (χ0) is 12.9. The van der Waals surface area contributed by atoms with Crippen molar-refractivity contribution in [3.05, 3.63) is 0 Å². The molecular weight excluding hydrogens is 246 g/mol. The third kappa shape index (κ3) is 10.5. The SMILES string of the molecule is COCCOCCOCCOC(=O)C(N)CS. The van der Waals surface area contributed by atoms with Crippen molar-refractivity contribution in [3.63, 3.8) is 0 Å².